The molecule has 18 heavy (non-hydrogen) atoms. The summed E-state index contributed by atoms with van der Waals surface area (Å²) in [4.78, 5) is 0. The van der Waals surface area contributed by atoms with Crippen molar-refractivity contribution in [2.24, 2.45) is 7.05 Å². The Bertz CT molecular complexity index is 509. The van der Waals surface area contributed by atoms with E-state index < -0.39 is 0 Å². The van der Waals surface area contributed by atoms with Crippen LogP contribution in [-0.4, -0.2) is 25.6 Å². The molecule has 0 spiro atoms. The summed E-state index contributed by atoms with van der Waals surface area (Å²) in [6, 6.07) is 4.90. The molecule has 0 unspecified atom stereocenters. The lowest BCUT2D eigenvalue weighted by atomic mass is 10.3. The first-order valence-corrected chi connectivity index (χ1v) is 6.54. The van der Waals surface area contributed by atoms with Crippen molar-refractivity contribution in [2.75, 3.05) is 0 Å². The molecule has 96 valence electrons. The summed E-state index contributed by atoms with van der Waals surface area (Å²) < 4.78 is 4.01. The lowest BCUT2D eigenvalue weighted by Crippen LogP contribution is -2.19. The highest BCUT2D eigenvalue weighted by Gasteiger charge is 2.20. The van der Waals surface area contributed by atoms with E-state index in [1.54, 1.807) is 0 Å². The summed E-state index contributed by atoms with van der Waals surface area (Å²) in [5.41, 5.74) is 2.51. The van der Waals surface area contributed by atoms with Gasteiger partial charge in [0.2, 0.25) is 0 Å². The minimum atomic E-state index is 0.741. The number of hydrogen-bond donors (Lipinski definition) is 1. The Morgan fingerprint density at radius 2 is 2.00 bits per heavy atom. The van der Waals surface area contributed by atoms with Crippen LogP contribution in [0.5, 0.6) is 0 Å². The van der Waals surface area contributed by atoms with Crippen molar-refractivity contribution in [3.63, 3.8) is 0 Å². The lowest BCUT2D eigenvalue weighted by molar-refractivity contribution is 0.542. The third kappa shape index (κ3) is 2.61. The molecule has 1 aliphatic rings. The molecule has 0 bridgehead atoms. The van der Waals surface area contributed by atoms with E-state index in [0.717, 1.165) is 25.6 Å². The van der Waals surface area contributed by atoms with Crippen LogP contribution in [0.2, 0.25) is 0 Å². The molecule has 2 aromatic heterocycles. The Balaban J connectivity index is 1.58. The van der Waals surface area contributed by atoms with Crippen LogP contribution in [0.25, 0.3) is 0 Å². The van der Waals surface area contributed by atoms with Crippen molar-refractivity contribution in [1.29, 1.82) is 0 Å². The second-order valence-electron chi connectivity index (χ2n) is 4.90. The predicted molar refractivity (Wildman–Crippen MR) is 69.0 cm³/mol. The van der Waals surface area contributed by atoms with E-state index in [0.29, 0.717) is 0 Å². The highest BCUT2D eigenvalue weighted by molar-refractivity contribution is 5.04. The second kappa shape index (κ2) is 4.94. The molecule has 1 fully saturated rings. The van der Waals surface area contributed by atoms with Gasteiger partial charge in [-0.1, -0.05) is 0 Å². The van der Waals surface area contributed by atoms with Gasteiger partial charge in [0.15, 0.2) is 0 Å². The molecular weight excluding hydrogens is 226 g/mol. The van der Waals surface area contributed by atoms with Crippen LogP contribution in [0.1, 0.15) is 24.2 Å². The maximum atomic E-state index is 4.39. The standard InChI is InChI=1S/C13H19N5/c1-17-12(4-7-15-17)6-9-18-13(5-8-16-18)10-14-11-2-3-11/h4-5,7-8,11,14H,2-3,6,9-10H2,1H3. The summed E-state index contributed by atoms with van der Waals surface area (Å²) in [5.74, 6) is 0. The maximum Gasteiger partial charge on any atom is 0.0522 e. The molecular formula is C13H19N5. The van der Waals surface area contributed by atoms with Gasteiger partial charge in [0.25, 0.3) is 0 Å². The number of nitrogens with one attached hydrogen (secondary N) is 1. The second-order valence-corrected chi connectivity index (χ2v) is 4.90. The average molecular weight is 245 g/mol. The first-order chi connectivity index (χ1) is 8.83. The number of aromatic nitrogens is 4. The molecule has 3 rings (SSSR count). The predicted octanol–water partition coefficient (Wildman–Crippen LogP) is 1.11. The van der Waals surface area contributed by atoms with E-state index in [9.17, 15) is 0 Å². The summed E-state index contributed by atoms with van der Waals surface area (Å²) >= 11 is 0. The number of hydrogen-bond acceptors (Lipinski definition) is 3. The quantitative estimate of drug-likeness (QED) is 0.829. The monoisotopic (exact) mass is 245 g/mol. The Morgan fingerprint density at radius 3 is 2.72 bits per heavy atom. The van der Waals surface area contributed by atoms with E-state index in [4.69, 9.17) is 0 Å². The van der Waals surface area contributed by atoms with Gasteiger partial charge in [0.1, 0.15) is 0 Å². The number of nitrogens with zero attached hydrogens (tertiary/aromatic N) is 4. The molecule has 0 aliphatic heterocycles. The molecule has 1 saturated carbocycles. The average Bonchev–Trinajstić information content (AvgIpc) is 2.94. The number of aryl methyl sites for hydroxylation is 3. The van der Waals surface area contributed by atoms with Gasteiger partial charge >= 0.3 is 0 Å². The fraction of sp³-hybridized carbons (Fsp3) is 0.538. The van der Waals surface area contributed by atoms with Gasteiger partial charge in [-0.2, -0.15) is 10.2 Å². The van der Waals surface area contributed by atoms with Crippen molar-refractivity contribution in [2.45, 2.75) is 38.4 Å². The zero-order chi connectivity index (χ0) is 12.4. The Morgan fingerprint density at radius 1 is 1.22 bits per heavy atom. The van der Waals surface area contributed by atoms with Crippen LogP contribution in [0.3, 0.4) is 0 Å². The van der Waals surface area contributed by atoms with Crippen LogP contribution >= 0.6 is 0 Å². The Hall–Kier alpha value is -1.62. The SMILES string of the molecule is Cn1nccc1CCn1nccc1CNC1CC1. The van der Waals surface area contributed by atoms with Crippen LogP contribution in [0.15, 0.2) is 24.5 Å². The molecule has 0 radical (unpaired) electrons. The first-order valence-electron chi connectivity index (χ1n) is 6.54. The van der Waals surface area contributed by atoms with Gasteiger partial charge in [0, 0.05) is 50.7 Å². The molecule has 1 N–H and O–H groups in total. The first kappa shape index (κ1) is 11.5. The lowest BCUT2D eigenvalue weighted by Gasteiger charge is -2.08. The van der Waals surface area contributed by atoms with Crippen molar-refractivity contribution < 1.29 is 0 Å². The van der Waals surface area contributed by atoms with Crippen molar-refractivity contribution in [3.8, 4) is 0 Å². The van der Waals surface area contributed by atoms with E-state index >= 15 is 0 Å². The van der Waals surface area contributed by atoms with Gasteiger partial charge in [-0.25, -0.2) is 0 Å². The van der Waals surface area contributed by atoms with Gasteiger partial charge in [-0.15, -0.1) is 0 Å². The molecule has 0 atom stereocenters. The Labute approximate surface area is 107 Å². The fourth-order valence-electron chi connectivity index (χ4n) is 2.11. The molecule has 0 aromatic carbocycles. The van der Waals surface area contributed by atoms with E-state index in [-0.39, 0.29) is 0 Å². The molecule has 0 amide bonds. The highest BCUT2D eigenvalue weighted by Crippen LogP contribution is 2.19. The largest absolute Gasteiger partial charge is 0.308 e. The molecule has 2 aromatic rings. The molecule has 0 saturated heterocycles. The zero-order valence-electron chi connectivity index (χ0n) is 10.7. The van der Waals surface area contributed by atoms with Crippen LogP contribution in [-0.2, 0) is 26.6 Å². The van der Waals surface area contributed by atoms with Gasteiger partial charge < -0.3 is 5.32 Å². The van der Waals surface area contributed by atoms with E-state index in [2.05, 4.69) is 32.3 Å². The third-order valence-electron chi connectivity index (χ3n) is 3.46. The van der Waals surface area contributed by atoms with Gasteiger partial charge in [0.05, 0.1) is 5.69 Å². The van der Waals surface area contributed by atoms with Crippen LogP contribution < -0.4 is 5.32 Å². The molecule has 5 heteroatoms. The minimum absolute atomic E-state index is 0.741. The van der Waals surface area contributed by atoms with E-state index in [1.807, 2.05) is 24.1 Å². The van der Waals surface area contributed by atoms with Crippen LogP contribution in [0.4, 0.5) is 0 Å². The minimum Gasteiger partial charge on any atom is -0.308 e. The zero-order valence-corrected chi connectivity index (χ0v) is 10.7. The smallest absolute Gasteiger partial charge is 0.0522 e. The summed E-state index contributed by atoms with van der Waals surface area (Å²) in [5, 5.41) is 12.1. The van der Waals surface area contributed by atoms with Crippen molar-refractivity contribution >= 4 is 0 Å². The topological polar surface area (TPSA) is 47.7 Å². The maximum absolute atomic E-state index is 4.39. The van der Waals surface area contributed by atoms with Crippen molar-refractivity contribution in [3.05, 3.63) is 35.9 Å². The highest BCUT2D eigenvalue weighted by atomic mass is 15.3. The number of rotatable bonds is 6. The summed E-state index contributed by atoms with van der Waals surface area (Å²) in [7, 11) is 1.98. The molecule has 5 nitrogen and oxygen atoms in total. The van der Waals surface area contributed by atoms with Crippen molar-refractivity contribution in [1.82, 2.24) is 24.9 Å². The fourth-order valence-corrected chi connectivity index (χ4v) is 2.11. The Kier molecular flexibility index (Phi) is 3.15. The van der Waals surface area contributed by atoms with Crippen LogP contribution in [0, 0.1) is 0 Å². The molecule has 1 aliphatic carbocycles. The molecule has 2 heterocycles. The van der Waals surface area contributed by atoms with Gasteiger partial charge in [-0.05, 0) is 25.0 Å². The summed E-state index contributed by atoms with van der Waals surface area (Å²) in [6.45, 7) is 1.84. The summed E-state index contributed by atoms with van der Waals surface area (Å²) in [6.07, 6.45) is 7.34. The van der Waals surface area contributed by atoms with E-state index in [1.165, 1.54) is 24.2 Å². The normalized spacial score (nSPS) is 15.2. The van der Waals surface area contributed by atoms with Gasteiger partial charge in [-0.3, -0.25) is 9.36 Å². The third-order valence-corrected chi connectivity index (χ3v) is 3.46.